The number of sulfonamides is 1. The van der Waals surface area contributed by atoms with Gasteiger partial charge < -0.3 is 5.73 Å². The smallest absolute Gasteiger partial charge is 0.241 e. The van der Waals surface area contributed by atoms with Crippen molar-refractivity contribution in [3.8, 4) is 0 Å². The van der Waals surface area contributed by atoms with Gasteiger partial charge in [0.1, 0.15) is 0 Å². The molecule has 0 amide bonds. The fraction of sp³-hybridized carbons (Fsp3) is 0.538. The number of hydrogen-bond donors (Lipinski definition) is 2. The first kappa shape index (κ1) is 13.5. The maximum atomic E-state index is 12.3. The third kappa shape index (κ3) is 2.58. The molecule has 0 spiro atoms. The van der Waals surface area contributed by atoms with Crippen LogP contribution in [0.1, 0.15) is 30.0 Å². The summed E-state index contributed by atoms with van der Waals surface area (Å²) in [5.74, 6) is 0.444. The van der Waals surface area contributed by atoms with Gasteiger partial charge in [-0.3, -0.25) is 0 Å². The van der Waals surface area contributed by atoms with Gasteiger partial charge in [-0.05, 0) is 48.9 Å². The van der Waals surface area contributed by atoms with E-state index in [1.807, 2.05) is 26.8 Å². The van der Waals surface area contributed by atoms with Gasteiger partial charge in [-0.2, -0.15) is 0 Å². The fourth-order valence-corrected chi connectivity index (χ4v) is 3.77. The van der Waals surface area contributed by atoms with Crippen molar-refractivity contribution in [3.63, 3.8) is 0 Å². The van der Waals surface area contributed by atoms with E-state index in [4.69, 9.17) is 5.73 Å². The second-order valence-corrected chi connectivity index (χ2v) is 6.87. The zero-order chi connectivity index (χ0) is 13.5. The number of nitrogens with one attached hydrogen (secondary N) is 1. The number of aryl methyl sites for hydroxylation is 2. The molecule has 0 aromatic heterocycles. The summed E-state index contributed by atoms with van der Waals surface area (Å²) in [7, 11) is -3.42. The molecule has 4 nitrogen and oxygen atoms in total. The van der Waals surface area contributed by atoms with E-state index in [-0.39, 0.29) is 6.04 Å². The van der Waals surface area contributed by atoms with Gasteiger partial charge in [0.25, 0.3) is 0 Å². The van der Waals surface area contributed by atoms with Crippen molar-refractivity contribution in [2.75, 3.05) is 0 Å². The summed E-state index contributed by atoms with van der Waals surface area (Å²) in [4.78, 5) is 0.354. The molecule has 100 valence electrons. The molecule has 5 heteroatoms. The number of hydrogen-bond acceptors (Lipinski definition) is 3. The van der Waals surface area contributed by atoms with Gasteiger partial charge in [-0.25, -0.2) is 13.1 Å². The first-order chi connectivity index (χ1) is 8.35. The molecule has 1 saturated carbocycles. The van der Waals surface area contributed by atoms with Crippen molar-refractivity contribution in [1.29, 1.82) is 0 Å². The van der Waals surface area contributed by atoms with E-state index in [1.165, 1.54) is 0 Å². The van der Waals surface area contributed by atoms with E-state index in [9.17, 15) is 8.42 Å². The maximum Gasteiger partial charge on any atom is 0.241 e. The van der Waals surface area contributed by atoms with Gasteiger partial charge in [0.2, 0.25) is 10.0 Å². The quantitative estimate of drug-likeness (QED) is 0.868. The van der Waals surface area contributed by atoms with Crippen LogP contribution in [-0.4, -0.2) is 14.5 Å². The summed E-state index contributed by atoms with van der Waals surface area (Å²) in [5.41, 5.74) is 8.32. The Kier molecular flexibility index (Phi) is 3.49. The topological polar surface area (TPSA) is 72.2 Å². The van der Waals surface area contributed by atoms with Gasteiger partial charge in [-0.1, -0.05) is 13.0 Å². The molecule has 0 bridgehead atoms. The Morgan fingerprint density at radius 3 is 2.44 bits per heavy atom. The first-order valence-corrected chi connectivity index (χ1v) is 7.66. The van der Waals surface area contributed by atoms with E-state index < -0.39 is 10.0 Å². The zero-order valence-electron chi connectivity index (χ0n) is 11.0. The highest BCUT2D eigenvalue weighted by atomic mass is 32.2. The number of benzene rings is 1. The van der Waals surface area contributed by atoms with E-state index in [1.54, 1.807) is 6.07 Å². The average Bonchev–Trinajstić information content (AvgIpc) is 2.92. The summed E-state index contributed by atoms with van der Waals surface area (Å²) in [6.45, 7) is 6.16. The minimum absolute atomic E-state index is 0.0945. The Labute approximate surface area is 109 Å². The second-order valence-electron chi connectivity index (χ2n) is 5.19. The van der Waals surface area contributed by atoms with Crippen LogP contribution in [0.4, 0.5) is 0 Å². The molecule has 2 atom stereocenters. The van der Waals surface area contributed by atoms with Gasteiger partial charge in [0.05, 0.1) is 4.90 Å². The molecule has 0 saturated heterocycles. The summed E-state index contributed by atoms with van der Waals surface area (Å²) in [5, 5.41) is 0. The summed E-state index contributed by atoms with van der Waals surface area (Å²) in [6, 6.07) is 3.67. The lowest BCUT2D eigenvalue weighted by atomic mass is 10.1. The molecular weight excluding hydrogens is 248 g/mol. The third-order valence-corrected chi connectivity index (χ3v) is 5.19. The van der Waals surface area contributed by atoms with Crippen LogP contribution in [0.2, 0.25) is 0 Å². The van der Waals surface area contributed by atoms with Crippen molar-refractivity contribution in [1.82, 2.24) is 4.72 Å². The lowest BCUT2D eigenvalue weighted by molar-refractivity contribution is 0.577. The van der Waals surface area contributed by atoms with Gasteiger partial charge in [0.15, 0.2) is 0 Å². The highest BCUT2D eigenvalue weighted by Crippen LogP contribution is 2.31. The maximum absolute atomic E-state index is 12.3. The number of rotatable bonds is 4. The minimum Gasteiger partial charge on any atom is -0.326 e. The van der Waals surface area contributed by atoms with Gasteiger partial charge in [-0.15, -0.1) is 0 Å². The molecule has 1 aliphatic rings. The summed E-state index contributed by atoms with van der Waals surface area (Å²) < 4.78 is 27.3. The fourth-order valence-electron chi connectivity index (χ4n) is 2.13. The SMILES string of the molecule is Cc1cc(C)c(S(=O)(=O)NC2CC2C)cc1CN. The van der Waals surface area contributed by atoms with Gasteiger partial charge in [0, 0.05) is 12.6 Å². The molecule has 0 heterocycles. The Morgan fingerprint density at radius 2 is 1.94 bits per heavy atom. The van der Waals surface area contributed by atoms with Crippen LogP contribution in [0.3, 0.4) is 0 Å². The van der Waals surface area contributed by atoms with Crippen molar-refractivity contribution in [2.45, 2.75) is 44.7 Å². The minimum atomic E-state index is -3.42. The van der Waals surface area contributed by atoms with Crippen molar-refractivity contribution < 1.29 is 8.42 Å². The van der Waals surface area contributed by atoms with Gasteiger partial charge >= 0.3 is 0 Å². The molecule has 3 N–H and O–H groups in total. The Hall–Kier alpha value is -0.910. The zero-order valence-corrected chi connectivity index (χ0v) is 11.8. The van der Waals surface area contributed by atoms with Crippen molar-refractivity contribution in [2.24, 2.45) is 11.7 Å². The van der Waals surface area contributed by atoms with Crippen LogP contribution in [0.25, 0.3) is 0 Å². The van der Waals surface area contributed by atoms with E-state index in [0.29, 0.717) is 17.4 Å². The molecule has 2 rings (SSSR count). The molecule has 1 aliphatic carbocycles. The molecule has 0 aliphatic heterocycles. The predicted octanol–water partition coefficient (Wildman–Crippen LogP) is 1.45. The summed E-state index contributed by atoms with van der Waals surface area (Å²) >= 11 is 0. The summed E-state index contributed by atoms with van der Waals surface area (Å²) in [6.07, 6.45) is 0.924. The molecular formula is C13H20N2O2S. The highest BCUT2D eigenvalue weighted by molar-refractivity contribution is 7.89. The molecule has 2 unspecified atom stereocenters. The Bertz CT molecular complexity index is 567. The first-order valence-electron chi connectivity index (χ1n) is 6.17. The monoisotopic (exact) mass is 268 g/mol. The van der Waals surface area contributed by atoms with Crippen LogP contribution in [0.5, 0.6) is 0 Å². The van der Waals surface area contributed by atoms with Crippen LogP contribution < -0.4 is 10.5 Å². The average molecular weight is 268 g/mol. The van der Waals surface area contributed by atoms with Crippen LogP contribution in [0, 0.1) is 19.8 Å². The normalized spacial score (nSPS) is 23.1. The largest absolute Gasteiger partial charge is 0.326 e. The molecule has 1 aromatic carbocycles. The molecule has 1 fully saturated rings. The molecule has 18 heavy (non-hydrogen) atoms. The van der Waals surface area contributed by atoms with E-state index in [2.05, 4.69) is 4.72 Å². The van der Waals surface area contributed by atoms with Crippen LogP contribution in [0.15, 0.2) is 17.0 Å². The standard InChI is InChI=1S/C13H20N2O2S/c1-8-4-10(3)13(6-11(8)7-14)18(16,17)15-12-5-9(12)2/h4,6,9,12,15H,5,7,14H2,1-3H3. The third-order valence-electron chi connectivity index (χ3n) is 3.56. The highest BCUT2D eigenvalue weighted by Gasteiger charge is 2.36. The van der Waals surface area contributed by atoms with E-state index in [0.717, 1.165) is 23.1 Å². The molecule has 1 aromatic rings. The van der Waals surface area contributed by atoms with Crippen LogP contribution >= 0.6 is 0 Å². The van der Waals surface area contributed by atoms with Crippen molar-refractivity contribution >= 4 is 10.0 Å². The van der Waals surface area contributed by atoms with E-state index >= 15 is 0 Å². The molecule has 0 radical (unpaired) electrons. The number of nitrogens with two attached hydrogens (primary N) is 1. The van der Waals surface area contributed by atoms with Crippen LogP contribution in [-0.2, 0) is 16.6 Å². The second kappa shape index (κ2) is 4.64. The lowest BCUT2D eigenvalue weighted by Crippen LogP contribution is -2.27. The lowest BCUT2D eigenvalue weighted by Gasteiger charge is -2.12. The van der Waals surface area contributed by atoms with Crippen molar-refractivity contribution in [3.05, 3.63) is 28.8 Å². The Balaban J connectivity index is 2.37. The Morgan fingerprint density at radius 1 is 1.33 bits per heavy atom. The predicted molar refractivity (Wildman–Crippen MR) is 71.7 cm³/mol.